The lowest BCUT2D eigenvalue weighted by Gasteiger charge is -2.26. The minimum Gasteiger partial charge on any atom is -0.493 e. The maximum atomic E-state index is 13.3. The van der Waals surface area contributed by atoms with Crippen LogP contribution < -0.4 is 19.7 Å². The molecule has 41 heavy (non-hydrogen) atoms. The second-order valence-electron chi connectivity index (χ2n) is 8.47. The number of urea groups is 1. The number of ether oxygens (including phenoxy) is 3. The summed E-state index contributed by atoms with van der Waals surface area (Å²) >= 11 is 2.00. The highest BCUT2D eigenvalue weighted by molar-refractivity contribution is 14.1. The van der Waals surface area contributed by atoms with Crippen LogP contribution in [0.25, 0.3) is 6.08 Å². The fraction of sp³-hybridized carbons (Fsp3) is 0.143. The fourth-order valence-electron chi connectivity index (χ4n) is 3.90. The van der Waals surface area contributed by atoms with Gasteiger partial charge in [-0.1, -0.05) is 12.1 Å². The Balaban J connectivity index is 1.60. The molecular formula is C28H22IN3O9. The molecule has 0 atom stereocenters. The van der Waals surface area contributed by atoms with Crippen LogP contribution in [0.15, 0.2) is 66.2 Å². The second-order valence-corrected chi connectivity index (χ2v) is 9.64. The van der Waals surface area contributed by atoms with E-state index in [0.717, 1.165) is 4.90 Å². The Kier molecular flexibility index (Phi) is 8.97. The number of benzene rings is 3. The molecule has 1 saturated heterocycles. The van der Waals surface area contributed by atoms with Crippen molar-refractivity contribution in [3.8, 4) is 11.5 Å². The Labute approximate surface area is 247 Å². The SMILES string of the molecule is CCOC(=O)c1ccc(N2C(=O)NC(=O)/C(=C\c3cc(I)c(OCc4cccc([N+](=O)[O-])c4)c(OC)c3)C2=O)cc1. The molecule has 13 heteroatoms. The molecule has 4 rings (SSSR count). The van der Waals surface area contributed by atoms with E-state index in [1.165, 1.54) is 49.6 Å². The largest absolute Gasteiger partial charge is 0.493 e. The zero-order valence-electron chi connectivity index (χ0n) is 21.7. The number of imide groups is 2. The zero-order chi connectivity index (χ0) is 29.7. The van der Waals surface area contributed by atoms with Crippen molar-refractivity contribution in [2.24, 2.45) is 0 Å². The van der Waals surface area contributed by atoms with Gasteiger partial charge >= 0.3 is 12.0 Å². The number of nitrogens with zero attached hydrogens (tertiary/aromatic N) is 2. The summed E-state index contributed by atoms with van der Waals surface area (Å²) in [6.45, 7) is 1.89. The summed E-state index contributed by atoms with van der Waals surface area (Å²) in [5, 5.41) is 13.2. The van der Waals surface area contributed by atoms with Crippen molar-refractivity contribution in [1.82, 2.24) is 5.32 Å². The van der Waals surface area contributed by atoms with Gasteiger partial charge in [-0.05, 0) is 83.1 Å². The lowest BCUT2D eigenvalue weighted by Crippen LogP contribution is -2.54. The van der Waals surface area contributed by atoms with E-state index < -0.39 is 28.7 Å². The van der Waals surface area contributed by atoms with Gasteiger partial charge < -0.3 is 14.2 Å². The van der Waals surface area contributed by atoms with Gasteiger partial charge in [-0.15, -0.1) is 0 Å². The minimum atomic E-state index is -0.932. The molecule has 1 heterocycles. The van der Waals surface area contributed by atoms with Gasteiger partial charge in [0.1, 0.15) is 12.2 Å². The van der Waals surface area contributed by atoms with Crippen LogP contribution in [0, 0.1) is 13.7 Å². The number of carbonyl (C=O) groups is 4. The third kappa shape index (κ3) is 6.51. The van der Waals surface area contributed by atoms with Gasteiger partial charge in [0.15, 0.2) is 11.5 Å². The molecule has 1 N–H and O–H groups in total. The van der Waals surface area contributed by atoms with Gasteiger partial charge in [0.2, 0.25) is 0 Å². The molecule has 0 spiro atoms. The Morgan fingerprint density at radius 3 is 2.49 bits per heavy atom. The number of halogens is 1. The van der Waals surface area contributed by atoms with Gasteiger partial charge in [0, 0.05) is 12.1 Å². The van der Waals surface area contributed by atoms with E-state index in [1.807, 2.05) is 22.6 Å². The van der Waals surface area contributed by atoms with Crippen LogP contribution in [0.1, 0.15) is 28.4 Å². The molecule has 4 amide bonds. The molecule has 1 aliphatic heterocycles. The number of carbonyl (C=O) groups excluding carboxylic acids is 4. The van der Waals surface area contributed by atoms with Gasteiger partial charge in [-0.2, -0.15) is 0 Å². The van der Waals surface area contributed by atoms with Crippen molar-refractivity contribution in [3.63, 3.8) is 0 Å². The number of non-ortho nitro benzene ring substituents is 1. The average molecular weight is 671 g/mol. The quantitative estimate of drug-likeness (QED) is 0.0857. The number of anilines is 1. The van der Waals surface area contributed by atoms with E-state index in [-0.39, 0.29) is 35.7 Å². The topological polar surface area (TPSA) is 154 Å². The third-order valence-electron chi connectivity index (χ3n) is 5.81. The van der Waals surface area contributed by atoms with Gasteiger partial charge in [0.25, 0.3) is 17.5 Å². The lowest BCUT2D eigenvalue weighted by molar-refractivity contribution is -0.384. The number of hydrogen-bond acceptors (Lipinski definition) is 9. The molecule has 0 radical (unpaired) electrons. The van der Waals surface area contributed by atoms with Crippen molar-refractivity contribution in [1.29, 1.82) is 0 Å². The van der Waals surface area contributed by atoms with Crippen molar-refractivity contribution in [2.75, 3.05) is 18.6 Å². The predicted molar refractivity (Wildman–Crippen MR) is 155 cm³/mol. The molecule has 210 valence electrons. The number of amides is 4. The number of methoxy groups -OCH3 is 1. The first-order valence-corrected chi connectivity index (χ1v) is 13.1. The standard InChI is InChI=1S/C28H22IN3O9/c1-3-40-27(35)18-7-9-19(10-8-18)31-26(34)21(25(33)30-28(31)36)12-17-13-22(29)24(23(14-17)39-2)41-15-16-5-4-6-20(11-16)32(37)38/h4-14H,3,15H2,1-2H3,(H,30,33,36)/b21-12+. The highest BCUT2D eigenvalue weighted by Crippen LogP contribution is 2.36. The molecule has 12 nitrogen and oxygen atoms in total. The van der Waals surface area contributed by atoms with Crippen molar-refractivity contribution in [2.45, 2.75) is 13.5 Å². The number of rotatable bonds is 9. The van der Waals surface area contributed by atoms with E-state index in [1.54, 1.807) is 31.2 Å². The molecule has 0 saturated carbocycles. The Hall–Kier alpha value is -4.79. The number of nitro groups is 1. The fourth-order valence-corrected chi connectivity index (χ4v) is 4.68. The van der Waals surface area contributed by atoms with Crippen molar-refractivity contribution < 1.29 is 38.3 Å². The van der Waals surface area contributed by atoms with E-state index in [2.05, 4.69) is 5.32 Å². The summed E-state index contributed by atoms with van der Waals surface area (Å²) in [6.07, 6.45) is 1.32. The van der Waals surface area contributed by atoms with Crippen LogP contribution in [0.2, 0.25) is 0 Å². The summed E-state index contributed by atoms with van der Waals surface area (Å²) < 4.78 is 16.9. The van der Waals surface area contributed by atoms with E-state index in [4.69, 9.17) is 14.2 Å². The Morgan fingerprint density at radius 2 is 1.83 bits per heavy atom. The number of hydrogen-bond donors (Lipinski definition) is 1. The molecule has 0 unspecified atom stereocenters. The monoisotopic (exact) mass is 671 g/mol. The molecule has 3 aromatic rings. The Morgan fingerprint density at radius 1 is 1.10 bits per heavy atom. The van der Waals surface area contributed by atoms with Gasteiger partial charge in [0.05, 0.1) is 33.5 Å². The smallest absolute Gasteiger partial charge is 0.338 e. The zero-order valence-corrected chi connectivity index (χ0v) is 23.9. The summed E-state index contributed by atoms with van der Waals surface area (Å²) in [4.78, 5) is 61.8. The van der Waals surface area contributed by atoms with Crippen molar-refractivity contribution >= 4 is 63.9 Å². The van der Waals surface area contributed by atoms with Crippen LogP contribution in [0.4, 0.5) is 16.2 Å². The summed E-state index contributed by atoms with van der Waals surface area (Å²) in [5.74, 6) is -1.63. The molecule has 1 aliphatic rings. The molecule has 1 fully saturated rings. The maximum absolute atomic E-state index is 13.3. The molecule has 0 bridgehead atoms. The maximum Gasteiger partial charge on any atom is 0.338 e. The normalized spacial score (nSPS) is 14.1. The molecule has 0 aliphatic carbocycles. The van der Waals surface area contributed by atoms with Crippen LogP contribution in [-0.2, 0) is 20.9 Å². The van der Waals surface area contributed by atoms with Crippen LogP contribution in [-0.4, -0.2) is 42.5 Å². The van der Waals surface area contributed by atoms with Crippen molar-refractivity contribution in [3.05, 3.63) is 96.6 Å². The summed E-state index contributed by atoms with van der Waals surface area (Å²) in [5.41, 5.74) is 1.01. The number of esters is 1. The summed E-state index contributed by atoms with van der Waals surface area (Å²) in [7, 11) is 1.42. The second kappa shape index (κ2) is 12.6. The van der Waals surface area contributed by atoms with E-state index in [0.29, 0.717) is 26.2 Å². The lowest BCUT2D eigenvalue weighted by atomic mass is 10.1. The highest BCUT2D eigenvalue weighted by atomic mass is 127. The van der Waals surface area contributed by atoms with E-state index in [9.17, 15) is 29.3 Å². The molecule has 0 aromatic heterocycles. The predicted octanol–water partition coefficient (Wildman–Crippen LogP) is 4.63. The van der Waals surface area contributed by atoms with Crippen LogP contribution in [0.3, 0.4) is 0 Å². The number of barbiturate groups is 1. The first-order chi connectivity index (χ1) is 19.6. The van der Waals surface area contributed by atoms with E-state index >= 15 is 0 Å². The minimum absolute atomic E-state index is 0.0292. The summed E-state index contributed by atoms with van der Waals surface area (Å²) in [6, 6.07) is 13.9. The average Bonchev–Trinajstić information content (AvgIpc) is 2.95. The number of nitro benzene ring substituents is 1. The molecular weight excluding hydrogens is 649 g/mol. The van der Waals surface area contributed by atoms with Crippen LogP contribution >= 0.6 is 22.6 Å². The third-order valence-corrected chi connectivity index (χ3v) is 6.61. The van der Waals surface area contributed by atoms with Gasteiger partial charge in [-0.25, -0.2) is 14.5 Å². The van der Waals surface area contributed by atoms with Crippen LogP contribution in [0.5, 0.6) is 11.5 Å². The first-order valence-electron chi connectivity index (χ1n) is 12.0. The van der Waals surface area contributed by atoms with Gasteiger partial charge in [-0.3, -0.25) is 25.0 Å². The number of nitrogens with one attached hydrogen (secondary N) is 1. The highest BCUT2D eigenvalue weighted by Gasteiger charge is 2.37. The Bertz CT molecular complexity index is 1590. The first kappa shape index (κ1) is 29.2. The molecule has 3 aromatic carbocycles.